The van der Waals surface area contributed by atoms with Gasteiger partial charge in [-0.05, 0) is 23.6 Å². The summed E-state index contributed by atoms with van der Waals surface area (Å²) in [5.74, 6) is 1.21. The van der Waals surface area contributed by atoms with Crippen LogP contribution in [-0.2, 0) is 0 Å². The van der Waals surface area contributed by atoms with Crippen molar-refractivity contribution in [2.75, 3.05) is 7.11 Å². The van der Waals surface area contributed by atoms with Crippen molar-refractivity contribution in [3.63, 3.8) is 0 Å². The first kappa shape index (κ1) is 12.0. The van der Waals surface area contributed by atoms with Crippen molar-refractivity contribution >= 4 is 11.6 Å². The molecule has 0 saturated heterocycles. The topological polar surface area (TPSA) is 27.1 Å². The predicted molar refractivity (Wildman–Crippen MR) is 69.2 cm³/mol. The highest BCUT2D eigenvalue weighted by atomic mass is 35.5. The molecule has 17 heavy (non-hydrogen) atoms. The summed E-state index contributed by atoms with van der Waals surface area (Å²) in [5.41, 5.74) is 1.94. The molecule has 1 heterocycles. The van der Waals surface area contributed by atoms with Gasteiger partial charge in [-0.15, -0.1) is 0 Å². The minimum atomic E-state index is 0.370. The Bertz CT molecular complexity index is 506. The molecule has 0 atom stereocenters. The lowest BCUT2D eigenvalue weighted by Crippen LogP contribution is -2.00. The van der Waals surface area contributed by atoms with Gasteiger partial charge in [-0.1, -0.05) is 25.4 Å². The molecule has 4 heteroatoms. The Balaban J connectivity index is 2.56. The Labute approximate surface area is 106 Å². The van der Waals surface area contributed by atoms with E-state index in [2.05, 4.69) is 18.9 Å². The van der Waals surface area contributed by atoms with Crippen LogP contribution in [0.4, 0.5) is 0 Å². The van der Waals surface area contributed by atoms with Crippen LogP contribution in [0.5, 0.6) is 5.75 Å². The van der Waals surface area contributed by atoms with Crippen LogP contribution in [0.1, 0.15) is 25.3 Å². The van der Waals surface area contributed by atoms with E-state index in [0.717, 1.165) is 17.0 Å². The highest BCUT2D eigenvalue weighted by molar-refractivity contribution is 6.32. The Hall–Kier alpha value is -1.48. The average Bonchev–Trinajstić information content (AvgIpc) is 2.82. The van der Waals surface area contributed by atoms with Crippen molar-refractivity contribution in [1.29, 1.82) is 0 Å². The summed E-state index contributed by atoms with van der Waals surface area (Å²) in [6.07, 6.45) is 3.58. The van der Waals surface area contributed by atoms with Crippen molar-refractivity contribution in [2.45, 2.75) is 19.8 Å². The minimum absolute atomic E-state index is 0.370. The average molecular weight is 251 g/mol. The molecule has 1 aromatic carbocycles. The minimum Gasteiger partial charge on any atom is -0.496 e. The fourth-order valence-corrected chi connectivity index (χ4v) is 2.03. The van der Waals surface area contributed by atoms with E-state index >= 15 is 0 Å². The molecule has 0 aliphatic carbocycles. The summed E-state index contributed by atoms with van der Waals surface area (Å²) in [7, 11) is 1.67. The van der Waals surface area contributed by atoms with Crippen LogP contribution in [0.15, 0.2) is 30.6 Å². The van der Waals surface area contributed by atoms with E-state index in [0.29, 0.717) is 10.9 Å². The zero-order chi connectivity index (χ0) is 12.4. The van der Waals surface area contributed by atoms with Gasteiger partial charge in [0, 0.05) is 18.5 Å². The van der Waals surface area contributed by atoms with Crippen LogP contribution in [0.25, 0.3) is 5.69 Å². The van der Waals surface area contributed by atoms with Gasteiger partial charge >= 0.3 is 0 Å². The number of ether oxygens (including phenoxy) is 1. The second kappa shape index (κ2) is 4.80. The van der Waals surface area contributed by atoms with Crippen molar-refractivity contribution in [3.05, 3.63) is 41.2 Å². The van der Waals surface area contributed by atoms with Gasteiger partial charge < -0.3 is 4.74 Å². The molecular formula is C13H15ClN2O. The molecule has 2 rings (SSSR count). The van der Waals surface area contributed by atoms with E-state index in [1.807, 2.05) is 24.4 Å². The lowest BCUT2D eigenvalue weighted by molar-refractivity contribution is 0.407. The molecule has 0 unspecified atom stereocenters. The second-order valence-electron chi connectivity index (χ2n) is 4.15. The maximum absolute atomic E-state index is 6.28. The number of halogens is 1. The third kappa shape index (κ3) is 2.29. The zero-order valence-electron chi connectivity index (χ0n) is 10.1. The Kier molecular flexibility index (Phi) is 3.38. The smallest absolute Gasteiger partial charge is 0.124 e. The summed E-state index contributed by atoms with van der Waals surface area (Å²) in [5, 5.41) is 4.85. The Morgan fingerprint density at radius 2 is 2.12 bits per heavy atom. The number of methoxy groups -OCH3 is 1. The molecule has 0 spiro atoms. The molecule has 0 N–H and O–H groups in total. The standard InChI is InChI=1S/C13H15ClN2O/c1-9(2)10-7-11(14)12(8-13(10)17-3)16-6-4-5-15-16/h4-9H,1-3H3. The predicted octanol–water partition coefficient (Wildman–Crippen LogP) is 3.66. The SMILES string of the molecule is COc1cc(-n2cccn2)c(Cl)cc1C(C)C. The summed E-state index contributed by atoms with van der Waals surface area (Å²) in [6, 6.07) is 5.73. The van der Waals surface area contributed by atoms with Crippen LogP contribution in [0.2, 0.25) is 5.02 Å². The molecule has 0 amide bonds. The maximum Gasteiger partial charge on any atom is 0.124 e. The first-order chi connectivity index (χ1) is 8.13. The second-order valence-corrected chi connectivity index (χ2v) is 4.56. The van der Waals surface area contributed by atoms with Gasteiger partial charge in [0.05, 0.1) is 17.8 Å². The van der Waals surface area contributed by atoms with E-state index in [1.54, 1.807) is 18.0 Å². The fraction of sp³-hybridized carbons (Fsp3) is 0.308. The largest absolute Gasteiger partial charge is 0.496 e. The Morgan fingerprint density at radius 1 is 1.35 bits per heavy atom. The number of rotatable bonds is 3. The number of hydrogen-bond donors (Lipinski definition) is 0. The summed E-state index contributed by atoms with van der Waals surface area (Å²) in [4.78, 5) is 0. The molecule has 0 aliphatic rings. The fourth-order valence-electron chi connectivity index (χ4n) is 1.77. The van der Waals surface area contributed by atoms with Crippen molar-refractivity contribution < 1.29 is 4.74 Å². The highest BCUT2D eigenvalue weighted by Crippen LogP contribution is 2.33. The van der Waals surface area contributed by atoms with Gasteiger partial charge in [-0.2, -0.15) is 5.10 Å². The van der Waals surface area contributed by atoms with E-state index < -0.39 is 0 Å². The summed E-state index contributed by atoms with van der Waals surface area (Å²) >= 11 is 6.28. The van der Waals surface area contributed by atoms with E-state index in [9.17, 15) is 0 Å². The van der Waals surface area contributed by atoms with Crippen molar-refractivity contribution in [3.8, 4) is 11.4 Å². The van der Waals surface area contributed by atoms with Crippen molar-refractivity contribution in [2.24, 2.45) is 0 Å². The maximum atomic E-state index is 6.28. The van der Waals surface area contributed by atoms with Crippen LogP contribution in [-0.4, -0.2) is 16.9 Å². The quantitative estimate of drug-likeness (QED) is 0.831. The van der Waals surface area contributed by atoms with Crippen LogP contribution < -0.4 is 4.74 Å². The molecule has 0 saturated carbocycles. The van der Waals surface area contributed by atoms with Crippen molar-refractivity contribution in [1.82, 2.24) is 9.78 Å². The van der Waals surface area contributed by atoms with Gasteiger partial charge in [0.25, 0.3) is 0 Å². The lowest BCUT2D eigenvalue weighted by atomic mass is 10.0. The van der Waals surface area contributed by atoms with E-state index in [4.69, 9.17) is 16.3 Å². The van der Waals surface area contributed by atoms with Gasteiger partial charge in [0.2, 0.25) is 0 Å². The number of hydrogen-bond acceptors (Lipinski definition) is 2. The normalized spacial score (nSPS) is 10.9. The Morgan fingerprint density at radius 3 is 2.65 bits per heavy atom. The van der Waals surface area contributed by atoms with E-state index in [1.165, 1.54) is 0 Å². The highest BCUT2D eigenvalue weighted by Gasteiger charge is 2.13. The number of benzene rings is 1. The lowest BCUT2D eigenvalue weighted by Gasteiger charge is -2.15. The first-order valence-corrected chi connectivity index (χ1v) is 5.88. The molecule has 0 fully saturated rings. The number of aromatic nitrogens is 2. The van der Waals surface area contributed by atoms with Crippen LogP contribution in [0.3, 0.4) is 0 Å². The van der Waals surface area contributed by atoms with E-state index in [-0.39, 0.29) is 0 Å². The van der Waals surface area contributed by atoms with Gasteiger partial charge in [0.1, 0.15) is 5.75 Å². The molecule has 0 bridgehead atoms. The zero-order valence-corrected chi connectivity index (χ0v) is 10.9. The van der Waals surface area contributed by atoms with Gasteiger partial charge in [0.15, 0.2) is 0 Å². The molecule has 0 radical (unpaired) electrons. The van der Waals surface area contributed by atoms with Crippen LogP contribution in [0, 0.1) is 0 Å². The molecule has 90 valence electrons. The summed E-state index contributed by atoms with van der Waals surface area (Å²) < 4.78 is 7.13. The summed E-state index contributed by atoms with van der Waals surface area (Å²) in [6.45, 7) is 4.23. The first-order valence-electron chi connectivity index (χ1n) is 5.51. The monoisotopic (exact) mass is 250 g/mol. The third-order valence-corrected chi connectivity index (χ3v) is 2.98. The van der Waals surface area contributed by atoms with Crippen LogP contribution >= 0.6 is 11.6 Å². The van der Waals surface area contributed by atoms with Gasteiger partial charge in [-0.25, -0.2) is 4.68 Å². The molecule has 1 aromatic heterocycles. The molecule has 3 nitrogen and oxygen atoms in total. The molecule has 2 aromatic rings. The van der Waals surface area contributed by atoms with Gasteiger partial charge in [-0.3, -0.25) is 0 Å². The number of nitrogens with zero attached hydrogens (tertiary/aromatic N) is 2. The third-order valence-electron chi connectivity index (χ3n) is 2.67. The molecular weight excluding hydrogens is 236 g/mol. The molecule has 0 aliphatic heterocycles.